The quantitative estimate of drug-likeness (QED) is 0.708. The summed E-state index contributed by atoms with van der Waals surface area (Å²) in [5, 5.41) is 9.01. The van der Waals surface area contributed by atoms with E-state index in [9.17, 15) is 12.8 Å². The average molecular weight is 360 g/mol. The van der Waals surface area contributed by atoms with E-state index in [1.165, 1.54) is 17.5 Å². The van der Waals surface area contributed by atoms with Crippen molar-refractivity contribution in [2.45, 2.75) is 10.1 Å². The lowest BCUT2D eigenvalue weighted by Crippen LogP contribution is -1.91. The summed E-state index contributed by atoms with van der Waals surface area (Å²) in [7, 11) is -3.46. The normalized spacial score (nSPS) is 15.1. The maximum absolute atomic E-state index is 13.8. The van der Waals surface area contributed by atoms with Crippen molar-refractivity contribution in [1.29, 1.82) is 0 Å². The SMILES string of the molecule is O=S1(=O)C=C(Sc2nnc(-c3ccccc3F)o2)c2ccccc21. The Balaban J connectivity index is 1.68. The van der Waals surface area contributed by atoms with Crippen LogP contribution in [0.4, 0.5) is 4.39 Å². The number of rotatable bonds is 3. The van der Waals surface area contributed by atoms with Crippen LogP contribution < -0.4 is 0 Å². The van der Waals surface area contributed by atoms with Crippen LogP contribution in [0.1, 0.15) is 5.56 Å². The van der Waals surface area contributed by atoms with Crippen molar-refractivity contribution in [3.05, 3.63) is 65.3 Å². The fourth-order valence-electron chi connectivity index (χ4n) is 2.35. The third kappa shape index (κ3) is 2.53. The number of hydrogen-bond acceptors (Lipinski definition) is 6. The van der Waals surface area contributed by atoms with Gasteiger partial charge < -0.3 is 4.42 Å². The van der Waals surface area contributed by atoms with Crippen molar-refractivity contribution in [2.75, 3.05) is 0 Å². The zero-order chi connectivity index (χ0) is 16.7. The average Bonchev–Trinajstić information content (AvgIpc) is 3.12. The van der Waals surface area contributed by atoms with Crippen LogP contribution >= 0.6 is 11.8 Å². The zero-order valence-corrected chi connectivity index (χ0v) is 13.6. The monoisotopic (exact) mass is 360 g/mol. The number of fused-ring (bicyclic) bond motifs is 1. The van der Waals surface area contributed by atoms with E-state index < -0.39 is 15.7 Å². The molecular weight excluding hydrogens is 351 g/mol. The minimum Gasteiger partial charge on any atom is -0.411 e. The number of benzene rings is 2. The van der Waals surface area contributed by atoms with Crippen LogP contribution in [0.15, 0.2) is 68.5 Å². The predicted molar refractivity (Wildman–Crippen MR) is 87.2 cm³/mol. The van der Waals surface area contributed by atoms with Gasteiger partial charge in [0.2, 0.25) is 9.84 Å². The first kappa shape index (κ1) is 15.1. The zero-order valence-electron chi connectivity index (χ0n) is 12.0. The second-order valence-electron chi connectivity index (χ2n) is 4.98. The molecule has 2 heterocycles. The van der Waals surface area contributed by atoms with Crippen molar-refractivity contribution < 1.29 is 17.2 Å². The molecule has 1 aliphatic heterocycles. The second kappa shape index (κ2) is 5.57. The number of thioether (sulfide) groups is 1. The van der Waals surface area contributed by atoms with Gasteiger partial charge >= 0.3 is 0 Å². The molecule has 1 aromatic heterocycles. The standard InChI is InChI=1S/C16H9FN2O3S2/c17-12-7-3-1-5-10(12)15-18-19-16(22-15)23-13-9-24(20,21)14-8-4-2-6-11(13)14/h1-9H. The molecule has 3 aromatic rings. The molecular formula is C16H9FN2O3S2. The summed E-state index contributed by atoms with van der Waals surface area (Å²) in [6.45, 7) is 0. The molecule has 0 unspecified atom stereocenters. The highest BCUT2D eigenvalue weighted by Gasteiger charge is 2.28. The molecule has 4 rings (SSSR count). The number of hydrogen-bond donors (Lipinski definition) is 0. The van der Waals surface area contributed by atoms with Crippen LogP contribution in [0.25, 0.3) is 16.4 Å². The van der Waals surface area contributed by atoms with Crippen molar-refractivity contribution >= 4 is 26.5 Å². The molecule has 0 radical (unpaired) electrons. The number of nitrogens with zero attached hydrogens (tertiary/aromatic N) is 2. The fourth-order valence-corrected chi connectivity index (χ4v) is 4.96. The van der Waals surface area contributed by atoms with E-state index in [-0.39, 0.29) is 21.6 Å². The van der Waals surface area contributed by atoms with Crippen molar-refractivity contribution in [2.24, 2.45) is 0 Å². The molecule has 0 fully saturated rings. The topological polar surface area (TPSA) is 73.1 Å². The Kier molecular flexibility index (Phi) is 3.50. The number of aromatic nitrogens is 2. The molecule has 0 atom stereocenters. The van der Waals surface area contributed by atoms with Crippen molar-refractivity contribution in [3.8, 4) is 11.5 Å². The summed E-state index contributed by atoms with van der Waals surface area (Å²) in [6.07, 6.45) is 0. The molecule has 1 aliphatic rings. The largest absolute Gasteiger partial charge is 0.411 e. The number of sulfone groups is 1. The minimum absolute atomic E-state index is 0.0466. The molecule has 5 nitrogen and oxygen atoms in total. The fraction of sp³-hybridized carbons (Fsp3) is 0. The molecule has 0 aliphatic carbocycles. The summed E-state index contributed by atoms with van der Waals surface area (Å²) in [5.74, 6) is -0.420. The molecule has 0 amide bonds. The molecule has 0 bridgehead atoms. The van der Waals surface area contributed by atoms with Gasteiger partial charge in [0, 0.05) is 10.5 Å². The van der Waals surface area contributed by atoms with E-state index in [1.54, 1.807) is 36.4 Å². The molecule has 24 heavy (non-hydrogen) atoms. The Labute approximate surface area is 141 Å². The smallest absolute Gasteiger partial charge is 0.281 e. The van der Waals surface area contributed by atoms with Gasteiger partial charge in [-0.2, -0.15) is 0 Å². The Hall–Kier alpha value is -2.45. The third-order valence-electron chi connectivity index (χ3n) is 3.43. The van der Waals surface area contributed by atoms with Crippen LogP contribution in [0, 0.1) is 5.82 Å². The highest BCUT2D eigenvalue weighted by molar-refractivity contribution is 8.09. The van der Waals surface area contributed by atoms with Crippen molar-refractivity contribution in [1.82, 2.24) is 10.2 Å². The maximum Gasteiger partial charge on any atom is 0.281 e. The summed E-state index contributed by atoms with van der Waals surface area (Å²) in [6, 6.07) is 12.8. The van der Waals surface area contributed by atoms with E-state index in [2.05, 4.69) is 10.2 Å². The van der Waals surface area contributed by atoms with E-state index in [0.29, 0.717) is 10.5 Å². The predicted octanol–water partition coefficient (Wildman–Crippen LogP) is 3.75. The van der Waals surface area contributed by atoms with Crippen LogP contribution in [0.5, 0.6) is 0 Å². The Morgan fingerprint density at radius 3 is 2.46 bits per heavy atom. The van der Waals surface area contributed by atoms with E-state index in [1.807, 2.05) is 0 Å². The van der Waals surface area contributed by atoms with E-state index in [0.717, 1.165) is 11.8 Å². The van der Waals surface area contributed by atoms with Gasteiger partial charge in [0.25, 0.3) is 11.1 Å². The summed E-state index contributed by atoms with van der Waals surface area (Å²) >= 11 is 1.04. The van der Waals surface area contributed by atoms with Crippen LogP contribution in [-0.4, -0.2) is 18.6 Å². The Bertz CT molecular complexity index is 1070. The first-order chi connectivity index (χ1) is 11.5. The van der Waals surface area contributed by atoms with Crippen LogP contribution in [0.2, 0.25) is 0 Å². The van der Waals surface area contributed by atoms with Gasteiger partial charge in [-0.25, -0.2) is 12.8 Å². The van der Waals surface area contributed by atoms with E-state index in [4.69, 9.17) is 4.42 Å². The number of halogens is 1. The lowest BCUT2D eigenvalue weighted by Gasteiger charge is -2.00. The van der Waals surface area contributed by atoms with Gasteiger partial charge in [0.1, 0.15) is 5.82 Å². The Morgan fingerprint density at radius 1 is 0.958 bits per heavy atom. The second-order valence-corrected chi connectivity index (χ2v) is 7.74. The van der Waals surface area contributed by atoms with Crippen LogP contribution in [0.3, 0.4) is 0 Å². The van der Waals surface area contributed by atoms with Gasteiger partial charge in [-0.15, -0.1) is 10.2 Å². The van der Waals surface area contributed by atoms with Gasteiger partial charge in [0.15, 0.2) is 0 Å². The molecule has 2 aromatic carbocycles. The molecule has 0 saturated carbocycles. The molecule has 0 saturated heterocycles. The van der Waals surface area contributed by atoms with Gasteiger partial charge in [-0.05, 0) is 30.0 Å². The lowest BCUT2D eigenvalue weighted by molar-refractivity contribution is 0.464. The van der Waals surface area contributed by atoms with Gasteiger partial charge in [-0.3, -0.25) is 0 Å². The highest BCUT2D eigenvalue weighted by atomic mass is 32.2. The first-order valence-electron chi connectivity index (χ1n) is 6.87. The lowest BCUT2D eigenvalue weighted by atomic mass is 10.2. The summed E-state index contributed by atoms with van der Waals surface area (Å²) in [5.41, 5.74) is 0.790. The van der Waals surface area contributed by atoms with Crippen LogP contribution in [-0.2, 0) is 9.84 Å². The van der Waals surface area contributed by atoms with E-state index >= 15 is 0 Å². The highest BCUT2D eigenvalue weighted by Crippen LogP contribution is 2.43. The third-order valence-corrected chi connectivity index (χ3v) is 5.99. The molecule has 120 valence electrons. The summed E-state index contributed by atoms with van der Waals surface area (Å²) in [4.78, 5) is 0.746. The Morgan fingerprint density at radius 2 is 1.67 bits per heavy atom. The van der Waals surface area contributed by atoms with Gasteiger partial charge in [0.05, 0.1) is 15.9 Å². The minimum atomic E-state index is -3.46. The maximum atomic E-state index is 13.8. The molecule has 0 N–H and O–H groups in total. The van der Waals surface area contributed by atoms with Crippen molar-refractivity contribution in [3.63, 3.8) is 0 Å². The van der Waals surface area contributed by atoms with Gasteiger partial charge in [-0.1, -0.05) is 30.3 Å². The molecule has 0 spiro atoms. The molecule has 8 heteroatoms. The summed E-state index contributed by atoms with van der Waals surface area (Å²) < 4.78 is 43.5. The first-order valence-corrected chi connectivity index (χ1v) is 9.23.